The van der Waals surface area contributed by atoms with Gasteiger partial charge >= 0.3 is 0 Å². The second-order valence-electron chi connectivity index (χ2n) is 9.08. The van der Waals surface area contributed by atoms with Gasteiger partial charge < -0.3 is 14.4 Å². The monoisotopic (exact) mass is 471 g/mol. The van der Waals surface area contributed by atoms with Crippen molar-refractivity contribution in [1.29, 1.82) is 0 Å². The molecule has 5 rings (SSSR count). The number of carbonyl (C=O) groups is 2. The molecule has 0 saturated carbocycles. The molecule has 0 N–H and O–H groups in total. The molecule has 2 aromatic carbocycles. The van der Waals surface area contributed by atoms with Crippen molar-refractivity contribution in [2.24, 2.45) is 0 Å². The maximum atomic E-state index is 13.8. The Labute approximate surface area is 204 Å². The molecule has 0 aliphatic carbocycles. The lowest BCUT2D eigenvalue weighted by Gasteiger charge is -2.40. The summed E-state index contributed by atoms with van der Waals surface area (Å²) in [6, 6.07) is 22.1. The van der Waals surface area contributed by atoms with Crippen LogP contribution in [0.1, 0.15) is 51.9 Å². The Morgan fingerprint density at radius 3 is 2.44 bits per heavy atom. The van der Waals surface area contributed by atoms with Crippen LogP contribution >= 0.6 is 11.3 Å². The molecule has 0 bridgehead atoms. The number of amides is 2. The second kappa shape index (κ2) is 9.11. The number of hydrogen-bond donors (Lipinski definition) is 0. The van der Waals surface area contributed by atoms with Crippen LogP contribution in [0.15, 0.2) is 72.1 Å². The first kappa shape index (κ1) is 22.4. The van der Waals surface area contributed by atoms with E-state index in [0.29, 0.717) is 25.3 Å². The van der Waals surface area contributed by atoms with E-state index in [1.54, 1.807) is 11.3 Å². The smallest absolute Gasteiger partial charge is 0.270 e. The van der Waals surface area contributed by atoms with Crippen LogP contribution < -0.4 is 0 Å². The van der Waals surface area contributed by atoms with Gasteiger partial charge in [-0.25, -0.2) is 0 Å². The molecule has 2 amide bonds. The Morgan fingerprint density at radius 1 is 0.971 bits per heavy atom. The molecule has 0 unspecified atom stereocenters. The van der Waals surface area contributed by atoms with Gasteiger partial charge in [0.2, 0.25) is 0 Å². The molecule has 0 radical (unpaired) electrons. The van der Waals surface area contributed by atoms with Gasteiger partial charge in [0.15, 0.2) is 0 Å². The third-order valence-corrected chi connectivity index (χ3v) is 7.81. The van der Waals surface area contributed by atoms with Crippen molar-refractivity contribution >= 4 is 33.4 Å². The predicted octanol–water partition coefficient (Wildman–Crippen LogP) is 5.61. The molecule has 4 aromatic rings. The average Bonchev–Trinajstić information content (AvgIpc) is 3.45. The minimum absolute atomic E-state index is 0.0287. The molecule has 1 fully saturated rings. The molecular weight excluding hydrogens is 442 g/mol. The van der Waals surface area contributed by atoms with Crippen LogP contribution in [0.25, 0.3) is 10.2 Å². The molecule has 2 aromatic heterocycles. The highest BCUT2D eigenvalue weighted by molar-refractivity contribution is 7.16. The highest BCUT2D eigenvalue weighted by Crippen LogP contribution is 2.32. The number of benzene rings is 2. The fraction of sp³-hybridized carbons (Fsp3) is 0.286. The van der Waals surface area contributed by atoms with Gasteiger partial charge in [-0.05, 0) is 55.5 Å². The SMILES string of the molecule is Cc1ccccc1C(=O)N1CCN(C(=O)c2cc3ccsc3n2[C@@H](C)c2ccccc2)C[C@H]1C. The number of hydrogen-bond acceptors (Lipinski definition) is 3. The maximum absolute atomic E-state index is 13.8. The molecule has 6 heteroatoms. The van der Waals surface area contributed by atoms with Crippen molar-refractivity contribution in [3.63, 3.8) is 0 Å². The lowest BCUT2D eigenvalue weighted by molar-refractivity contribution is 0.0408. The van der Waals surface area contributed by atoms with Crippen LogP contribution in [0, 0.1) is 6.92 Å². The number of aromatic nitrogens is 1. The van der Waals surface area contributed by atoms with Gasteiger partial charge in [-0.2, -0.15) is 0 Å². The zero-order chi connectivity index (χ0) is 23.8. The first-order valence-electron chi connectivity index (χ1n) is 11.7. The zero-order valence-corrected chi connectivity index (χ0v) is 20.6. The minimum Gasteiger partial charge on any atom is -0.334 e. The average molecular weight is 472 g/mol. The van der Waals surface area contributed by atoms with Gasteiger partial charge in [0.05, 0.1) is 6.04 Å². The van der Waals surface area contributed by atoms with Gasteiger partial charge in [-0.1, -0.05) is 48.5 Å². The third-order valence-electron chi connectivity index (χ3n) is 6.88. The summed E-state index contributed by atoms with van der Waals surface area (Å²) >= 11 is 1.66. The number of thiophene rings is 1. The first-order chi connectivity index (χ1) is 16.5. The summed E-state index contributed by atoms with van der Waals surface area (Å²) in [7, 11) is 0. The molecule has 34 heavy (non-hydrogen) atoms. The largest absolute Gasteiger partial charge is 0.334 e. The summed E-state index contributed by atoms with van der Waals surface area (Å²) in [5, 5.41) is 3.17. The van der Waals surface area contributed by atoms with Crippen LogP contribution in [0.3, 0.4) is 0 Å². The van der Waals surface area contributed by atoms with E-state index in [1.165, 1.54) is 5.56 Å². The first-order valence-corrected chi connectivity index (χ1v) is 12.6. The molecule has 1 aliphatic rings. The summed E-state index contributed by atoms with van der Waals surface area (Å²) in [5.74, 6) is 0.0697. The number of nitrogens with zero attached hydrogens (tertiary/aromatic N) is 3. The van der Waals surface area contributed by atoms with Gasteiger partial charge in [0.25, 0.3) is 11.8 Å². The van der Waals surface area contributed by atoms with Gasteiger partial charge in [0.1, 0.15) is 10.5 Å². The predicted molar refractivity (Wildman–Crippen MR) is 138 cm³/mol. The number of carbonyl (C=O) groups excluding carboxylic acids is 2. The lowest BCUT2D eigenvalue weighted by atomic mass is 10.1. The number of rotatable bonds is 4. The standard InChI is InChI=1S/C28H29N3O2S/c1-19-9-7-8-12-24(19)26(32)30-15-14-29(18-20(30)2)27(33)25-17-23-13-16-34-28(23)31(25)21(3)22-10-5-4-6-11-22/h4-13,16-17,20-21H,14-15,18H2,1-3H3/t20-,21+/m1/s1. The van der Waals surface area contributed by atoms with Crippen molar-refractivity contribution in [3.8, 4) is 0 Å². The normalized spacial score (nSPS) is 17.2. The quantitative estimate of drug-likeness (QED) is 0.389. The summed E-state index contributed by atoms with van der Waals surface area (Å²) in [5.41, 5.74) is 3.60. The van der Waals surface area contributed by atoms with E-state index in [0.717, 1.165) is 21.3 Å². The van der Waals surface area contributed by atoms with Gasteiger partial charge in [0, 0.05) is 36.6 Å². The molecule has 5 nitrogen and oxygen atoms in total. The van der Waals surface area contributed by atoms with Crippen LogP contribution in [0.5, 0.6) is 0 Å². The van der Waals surface area contributed by atoms with Crippen molar-refractivity contribution < 1.29 is 9.59 Å². The molecule has 1 saturated heterocycles. The number of aryl methyl sites for hydroxylation is 1. The zero-order valence-electron chi connectivity index (χ0n) is 19.8. The van der Waals surface area contributed by atoms with Crippen LogP contribution in [0.2, 0.25) is 0 Å². The van der Waals surface area contributed by atoms with E-state index in [2.05, 4.69) is 35.1 Å². The number of piperazine rings is 1. The summed E-state index contributed by atoms with van der Waals surface area (Å²) in [6.45, 7) is 7.72. The van der Waals surface area contributed by atoms with Crippen molar-refractivity contribution in [1.82, 2.24) is 14.4 Å². The van der Waals surface area contributed by atoms with Crippen molar-refractivity contribution in [3.05, 3.63) is 94.5 Å². The number of fused-ring (bicyclic) bond motifs is 1. The summed E-state index contributed by atoms with van der Waals surface area (Å²) in [6.07, 6.45) is 0. The second-order valence-corrected chi connectivity index (χ2v) is 9.98. The molecule has 0 spiro atoms. The van der Waals surface area contributed by atoms with E-state index in [4.69, 9.17) is 0 Å². The van der Waals surface area contributed by atoms with Crippen LogP contribution in [0.4, 0.5) is 0 Å². The van der Waals surface area contributed by atoms with Crippen LogP contribution in [-0.4, -0.2) is 51.9 Å². The molecule has 3 heterocycles. The fourth-order valence-corrected chi connectivity index (χ4v) is 5.92. The topological polar surface area (TPSA) is 45.6 Å². The van der Waals surface area contributed by atoms with E-state index < -0.39 is 0 Å². The van der Waals surface area contributed by atoms with Gasteiger partial charge in [-0.3, -0.25) is 9.59 Å². The van der Waals surface area contributed by atoms with E-state index >= 15 is 0 Å². The Kier molecular flexibility index (Phi) is 6.00. The van der Waals surface area contributed by atoms with E-state index in [-0.39, 0.29) is 23.9 Å². The Bertz CT molecular complexity index is 1340. The maximum Gasteiger partial charge on any atom is 0.270 e. The Morgan fingerprint density at radius 2 is 1.71 bits per heavy atom. The minimum atomic E-state index is -0.0547. The molecular formula is C28H29N3O2S. The summed E-state index contributed by atoms with van der Waals surface area (Å²) < 4.78 is 2.17. The molecule has 174 valence electrons. The van der Waals surface area contributed by atoms with Crippen LogP contribution in [-0.2, 0) is 0 Å². The van der Waals surface area contributed by atoms with E-state index in [1.807, 2.05) is 72.2 Å². The Balaban J connectivity index is 1.40. The van der Waals surface area contributed by atoms with E-state index in [9.17, 15) is 9.59 Å². The summed E-state index contributed by atoms with van der Waals surface area (Å²) in [4.78, 5) is 31.9. The lowest BCUT2D eigenvalue weighted by Crippen LogP contribution is -2.55. The molecule has 1 aliphatic heterocycles. The highest BCUT2D eigenvalue weighted by Gasteiger charge is 2.33. The molecule has 2 atom stereocenters. The Hall–Kier alpha value is -3.38. The highest BCUT2D eigenvalue weighted by atomic mass is 32.1. The fourth-order valence-electron chi connectivity index (χ4n) is 4.95. The van der Waals surface area contributed by atoms with Crippen molar-refractivity contribution in [2.75, 3.05) is 19.6 Å². The van der Waals surface area contributed by atoms with Gasteiger partial charge in [-0.15, -0.1) is 11.3 Å². The third kappa shape index (κ3) is 3.92. The van der Waals surface area contributed by atoms with Crippen molar-refractivity contribution in [2.45, 2.75) is 32.9 Å².